The van der Waals surface area contributed by atoms with Crippen molar-refractivity contribution in [1.29, 1.82) is 0 Å². The summed E-state index contributed by atoms with van der Waals surface area (Å²) in [4.78, 5) is 15.5. The fourth-order valence-electron chi connectivity index (χ4n) is 8.50. The monoisotopic (exact) mass is 715 g/mol. The number of nitrogens with zero attached hydrogens (tertiary/aromatic N) is 3. The van der Waals surface area contributed by atoms with Crippen molar-refractivity contribution >= 4 is 76.2 Å². The molecule has 12 aromatic rings. The normalized spacial score (nSPS) is 11.9. The minimum Gasteiger partial charge on any atom is -0.456 e. The van der Waals surface area contributed by atoms with Crippen LogP contribution in [0.1, 0.15) is 0 Å². The zero-order chi connectivity index (χ0) is 36.7. The van der Waals surface area contributed by atoms with Gasteiger partial charge in [-0.15, -0.1) is 0 Å². The van der Waals surface area contributed by atoms with Gasteiger partial charge in [0.1, 0.15) is 22.3 Å². The molecule has 0 bridgehead atoms. The van der Waals surface area contributed by atoms with E-state index in [0.717, 1.165) is 71.7 Å². The molecule has 12 rings (SSSR count). The molecule has 9 aromatic carbocycles. The lowest BCUT2D eigenvalue weighted by atomic mass is 9.94. The van der Waals surface area contributed by atoms with Crippen LogP contribution in [0.5, 0.6) is 0 Å². The van der Waals surface area contributed by atoms with Gasteiger partial charge in [0.15, 0.2) is 17.5 Å². The van der Waals surface area contributed by atoms with E-state index in [2.05, 4.69) is 103 Å². The molecule has 56 heavy (non-hydrogen) atoms. The lowest BCUT2D eigenvalue weighted by Crippen LogP contribution is -2.00. The smallest absolute Gasteiger partial charge is 0.164 e. The second-order valence-electron chi connectivity index (χ2n) is 14.3. The van der Waals surface area contributed by atoms with Crippen molar-refractivity contribution in [2.45, 2.75) is 0 Å². The van der Waals surface area contributed by atoms with E-state index in [4.69, 9.17) is 23.8 Å². The summed E-state index contributed by atoms with van der Waals surface area (Å²) < 4.78 is 12.8. The molecule has 0 aliphatic rings. The molecule has 260 valence electrons. The summed E-state index contributed by atoms with van der Waals surface area (Å²) in [6.07, 6.45) is 0. The van der Waals surface area contributed by atoms with Crippen LogP contribution in [0.15, 0.2) is 185 Å². The van der Waals surface area contributed by atoms with Crippen molar-refractivity contribution < 1.29 is 8.83 Å². The van der Waals surface area contributed by atoms with Crippen LogP contribution in [0.25, 0.3) is 121 Å². The van der Waals surface area contributed by atoms with Gasteiger partial charge in [0.25, 0.3) is 0 Å². The maximum atomic E-state index is 6.50. The number of furan rings is 2. The van der Waals surface area contributed by atoms with Crippen LogP contribution >= 0.6 is 0 Å². The topological polar surface area (TPSA) is 65.0 Å². The molecule has 0 aliphatic heterocycles. The van der Waals surface area contributed by atoms with Crippen LogP contribution in [-0.4, -0.2) is 15.0 Å². The van der Waals surface area contributed by atoms with Gasteiger partial charge in [0.2, 0.25) is 0 Å². The van der Waals surface area contributed by atoms with E-state index in [1.54, 1.807) is 0 Å². The molecule has 0 unspecified atom stereocenters. The highest BCUT2D eigenvalue weighted by Crippen LogP contribution is 2.41. The Balaban J connectivity index is 1.04. The molecule has 0 fully saturated rings. The van der Waals surface area contributed by atoms with E-state index in [-0.39, 0.29) is 0 Å². The van der Waals surface area contributed by atoms with E-state index in [1.807, 2.05) is 72.8 Å². The predicted molar refractivity (Wildman–Crippen MR) is 229 cm³/mol. The highest BCUT2D eigenvalue weighted by molar-refractivity contribution is 6.18. The van der Waals surface area contributed by atoms with Gasteiger partial charge in [-0.05, 0) is 79.8 Å². The van der Waals surface area contributed by atoms with Crippen molar-refractivity contribution in [3.63, 3.8) is 0 Å². The molecular weight excluding hydrogens is 687 g/mol. The SMILES string of the molecule is c1ccc(-c2nc(-c3cccc4oc5ccccc5c34)nc(-c3cccc4oc5ccc(-c6ccc7c(ccc8c9ccccc9ccc78)c6)cc5c34)n2)cc1. The van der Waals surface area contributed by atoms with Crippen LogP contribution < -0.4 is 0 Å². The van der Waals surface area contributed by atoms with Crippen LogP contribution in [0.2, 0.25) is 0 Å². The summed E-state index contributed by atoms with van der Waals surface area (Å²) in [5.74, 6) is 1.74. The number of hydrogen-bond donors (Lipinski definition) is 0. The number of benzene rings is 9. The minimum absolute atomic E-state index is 0.572. The Labute approximate surface area is 320 Å². The van der Waals surface area contributed by atoms with E-state index < -0.39 is 0 Å². The number of hydrogen-bond acceptors (Lipinski definition) is 5. The molecule has 0 atom stereocenters. The molecule has 0 saturated heterocycles. The van der Waals surface area contributed by atoms with Gasteiger partial charge in [-0.1, -0.05) is 140 Å². The second-order valence-corrected chi connectivity index (χ2v) is 14.3. The molecule has 0 N–H and O–H groups in total. The summed E-state index contributed by atoms with van der Waals surface area (Å²) in [5, 5.41) is 11.5. The second kappa shape index (κ2) is 11.9. The fraction of sp³-hybridized carbons (Fsp3) is 0. The third-order valence-electron chi connectivity index (χ3n) is 11.1. The summed E-state index contributed by atoms with van der Waals surface area (Å²) in [7, 11) is 0. The van der Waals surface area contributed by atoms with Gasteiger partial charge in [-0.25, -0.2) is 15.0 Å². The Hall–Kier alpha value is -7.63. The highest BCUT2D eigenvalue weighted by Gasteiger charge is 2.21. The summed E-state index contributed by atoms with van der Waals surface area (Å²) >= 11 is 0. The van der Waals surface area contributed by atoms with Gasteiger partial charge in [0.05, 0.1) is 0 Å². The highest BCUT2D eigenvalue weighted by atomic mass is 16.3. The van der Waals surface area contributed by atoms with Gasteiger partial charge in [0, 0.05) is 38.2 Å². The number of fused-ring (bicyclic) bond motifs is 11. The largest absolute Gasteiger partial charge is 0.456 e. The van der Waals surface area contributed by atoms with Crippen LogP contribution in [0.3, 0.4) is 0 Å². The number of aromatic nitrogens is 3. The standard InChI is InChI=1S/C51H29N3O2/c1-2-11-31(12-3-1)49-52-50(40-15-8-18-45-47(40)39-14-6-7-17-43(39)55-45)54-51(53-49)41-16-9-19-46-48(41)42-29-33(23-27-44(42)56-46)32-21-24-36-34(28-32)22-26-37-35-13-5-4-10-30(35)20-25-38(36)37/h1-29H. The van der Waals surface area contributed by atoms with E-state index in [1.165, 1.54) is 32.3 Å². The Bertz CT molecular complexity index is 3550. The lowest BCUT2D eigenvalue weighted by Gasteiger charge is -2.10. The summed E-state index contributed by atoms with van der Waals surface area (Å²) in [6.45, 7) is 0. The van der Waals surface area contributed by atoms with Crippen molar-refractivity contribution in [2.24, 2.45) is 0 Å². The Morgan fingerprint density at radius 3 is 1.59 bits per heavy atom. The molecule has 0 spiro atoms. The zero-order valence-corrected chi connectivity index (χ0v) is 29.9. The molecule has 0 saturated carbocycles. The summed E-state index contributed by atoms with van der Waals surface area (Å²) in [5.41, 5.74) is 8.11. The maximum absolute atomic E-state index is 6.50. The van der Waals surface area contributed by atoms with Crippen LogP contribution in [-0.2, 0) is 0 Å². The number of rotatable bonds is 4. The van der Waals surface area contributed by atoms with Crippen LogP contribution in [0.4, 0.5) is 0 Å². The Kier molecular flexibility index (Phi) is 6.56. The maximum Gasteiger partial charge on any atom is 0.164 e. The fourth-order valence-corrected chi connectivity index (χ4v) is 8.50. The minimum atomic E-state index is 0.572. The first-order valence-electron chi connectivity index (χ1n) is 18.8. The first-order valence-corrected chi connectivity index (χ1v) is 18.8. The van der Waals surface area contributed by atoms with Crippen molar-refractivity contribution in [2.75, 3.05) is 0 Å². The Morgan fingerprint density at radius 2 is 0.821 bits per heavy atom. The molecule has 3 heterocycles. The first kappa shape index (κ1) is 30.8. The summed E-state index contributed by atoms with van der Waals surface area (Å²) in [6, 6.07) is 61.1. The average Bonchev–Trinajstić information content (AvgIpc) is 3.84. The quantitative estimate of drug-likeness (QED) is 0.170. The first-order chi connectivity index (χ1) is 27.7. The third-order valence-corrected chi connectivity index (χ3v) is 11.1. The van der Waals surface area contributed by atoms with E-state index in [9.17, 15) is 0 Å². The van der Waals surface area contributed by atoms with Gasteiger partial charge >= 0.3 is 0 Å². The molecular formula is C51H29N3O2. The molecule has 0 radical (unpaired) electrons. The van der Waals surface area contributed by atoms with Gasteiger partial charge < -0.3 is 8.83 Å². The van der Waals surface area contributed by atoms with Crippen molar-refractivity contribution in [3.05, 3.63) is 176 Å². The third kappa shape index (κ3) is 4.71. The van der Waals surface area contributed by atoms with Gasteiger partial charge in [-0.2, -0.15) is 0 Å². The average molecular weight is 716 g/mol. The van der Waals surface area contributed by atoms with Crippen molar-refractivity contribution in [3.8, 4) is 45.3 Å². The predicted octanol–water partition coefficient (Wildman–Crippen LogP) is 13.8. The van der Waals surface area contributed by atoms with E-state index >= 15 is 0 Å². The van der Waals surface area contributed by atoms with E-state index in [0.29, 0.717) is 17.5 Å². The Morgan fingerprint density at radius 1 is 0.286 bits per heavy atom. The lowest BCUT2D eigenvalue weighted by molar-refractivity contribution is 0.668. The molecule has 5 nitrogen and oxygen atoms in total. The van der Waals surface area contributed by atoms with Crippen molar-refractivity contribution in [1.82, 2.24) is 15.0 Å². The molecule has 3 aromatic heterocycles. The number of para-hydroxylation sites is 1. The van der Waals surface area contributed by atoms with Gasteiger partial charge in [-0.3, -0.25) is 0 Å². The molecule has 5 heteroatoms. The zero-order valence-electron chi connectivity index (χ0n) is 29.9. The molecule has 0 amide bonds. The molecule has 0 aliphatic carbocycles. The van der Waals surface area contributed by atoms with Crippen LogP contribution in [0, 0.1) is 0 Å².